The molecule has 3 aliphatic rings. The highest BCUT2D eigenvalue weighted by atomic mass is 16.5. The number of carboxylic acid groups (broad SMARTS) is 1. The standard InChI is InChI=1S/C15H23NO4/c17-13(12-10-3-1-2-4-11(10)12)16-9-15(14(18)19)5-7-20-8-6-15/h10-12H,1-9H2,(H,16,17)(H,18,19). The molecule has 0 radical (unpaired) electrons. The number of hydrogen-bond donors (Lipinski definition) is 2. The van der Waals surface area contributed by atoms with Crippen LogP contribution in [0.2, 0.25) is 0 Å². The molecular weight excluding hydrogens is 258 g/mol. The Kier molecular flexibility index (Phi) is 3.71. The fraction of sp³-hybridized carbons (Fsp3) is 0.867. The molecule has 1 aliphatic heterocycles. The number of hydrogen-bond acceptors (Lipinski definition) is 3. The number of ether oxygens (including phenoxy) is 1. The summed E-state index contributed by atoms with van der Waals surface area (Å²) < 4.78 is 5.24. The van der Waals surface area contributed by atoms with E-state index in [-0.39, 0.29) is 18.4 Å². The van der Waals surface area contributed by atoms with Crippen LogP contribution in [0.25, 0.3) is 0 Å². The molecule has 2 saturated carbocycles. The molecular formula is C15H23NO4. The minimum absolute atomic E-state index is 0.0778. The number of nitrogens with one attached hydrogen (secondary N) is 1. The Bertz CT molecular complexity index is 391. The van der Waals surface area contributed by atoms with Crippen molar-refractivity contribution < 1.29 is 19.4 Å². The summed E-state index contributed by atoms with van der Waals surface area (Å²) in [6.07, 6.45) is 5.78. The molecule has 0 spiro atoms. The van der Waals surface area contributed by atoms with Gasteiger partial charge in [-0.15, -0.1) is 0 Å². The van der Waals surface area contributed by atoms with Crippen molar-refractivity contribution in [2.24, 2.45) is 23.2 Å². The first-order valence-corrected chi connectivity index (χ1v) is 7.73. The minimum Gasteiger partial charge on any atom is -0.481 e. The lowest BCUT2D eigenvalue weighted by Crippen LogP contribution is -2.47. The van der Waals surface area contributed by atoms with Crippen molar-refractivity contribution >= 4 is 11.9 Å². The largest absolute Gasteiger partial charge is 0.481 e. The SMILES string of the molecule is O=C(NCC1(C(=O)O)CCOCC1)C1C2CCCCC21. The van der Waals surface area contributed by atoms with Crippen LogP contribution in [0, 0.1) is 23.2 Å². The predicted octanol–water partition coefficient (Wildman–Crippen LogP) is 1.42. The van der Waals surface area contributed by atoms with E-state index in [0.717, 1.165) is 0 Å². The Morgan fingerprint density at radius 3 is 2.30 bits per heavy atom. The molecule has 0 bridgehead atoms. The molecule has 5 nitrogen and oxygen atoms in total. The van der Waals surface area contributed by atoms with E-state index < -0.39 is 11.4 Å². The molecule has 2 unspecified atom stereocenters. The van der Waals surface area contributed by atoms with Gasteiger partial charge in [-0.25, -0.2) is 0 Å². The van der Waals surface area contributed by atoms with Gasteiger partial charge in [-0.05, 0) is 37.5 Å². The van der Waals surface area contributed by atoms with Crippen LogP contribution in [0.5, 0.6) is 0 Å². The van der Waals surface area contributed by atoms with Gasteiger partial charge >= 0.3 is 5.97 Å². The van der Waals surface area contributed by atoms with Gasteiger partial charge in [0.25, 0.3) is 0 Å². The van der Waals surface area contributed by atoms with Gasteiger partial charge in [-0.3, -0.25) is 9.59 Å². The maximum absolute atomic E-state index is 12.2. The van der Waals surface area contributed by atoms with Crippen LogP contribution >= 0.6 is 0 Å². The molecule has 1 amide bonds. The number of carbonyl (C=O) groups excluding carboxylic acids is 1. The zero-order valence-corrected chi connectivity index (χ0v) is 11.8. The van der Waals surface area contributed by atoms with E-state index >= 15 is 0 Å². The Labute approximate surface area is 119 Å². The predicted molar refractivity (Wildman–Crippen MR) is 72.1 cm³/mol. The van der Waals surface area contributed by atoms with Crippen LogP contribution in [0.1, 0.15) is 38.5 Å². The lowest BCUT2D eigenvalue weighted by Gasteiger charge is -2.33. The van der Waals surface area contributed by atoms with E-state index in [4.69, 9.17) is 4.74 Å². The van der Waals surface area contributed by atoms with Crippen molar-refractivity contribution in [1.82, 2.24) is 5.32 Å². The summed E-state index contributed by atoms with van der Waals surface area (Å²) in [5, 5.41) is 12.4. The van der Waals surface area contributed by atoms with Crippen molar-refractivity contribution in [2.45, 2.75) is 38.5 Å². The maximum atomic E-state index is 12.2. The molecule has 5 heteroatoms. The summed E-state index contributed by atoms with van der Waals surface area (Å²) in [6, 6.07) is 0. The van der Waals surface area contributed by atoms with Gasteiger partial charge in [0.2, 0.25) is 5.91 Å². The first kappa shape index (κ1) is 13.9. The summed E-state index contributed by atoms with van der Waals surface area (Å²) >= 11 is 0. The Hall–Kier alpha value is -1.10. The molecule has 1 saturated heterocycles. The summed E-state index contributed by atoms with van der Waals surface area (Å²) in [5.74, 6) is 0.560. The molecule has 3 rings (SSSR count). The third kappa shape index (κ3) is 2.43. The molecule has 20 heavy (non-hydrogen) atoms. The first-order chi connectivity index (χ1) is 9.64. The quantitative estimate of drug-likeness (QED) is 0.817. The molecule has 0 aromatic carbocycles. The Morgan fingerprint density at radius 1 is 1.15 bits per heavy atom. The van der Waals surface area contributed by atoms with Gasteiger partial charge < -0.3 is 15.2 Å². The van der Waals surface area contributed by atoms with Crippen LogP contribution in [0.15, 0.2) is 0 Å². The molecule has 1 heterocycles. The minimum atomic E-state index is -0.825. The van der Waals surface area contributed by atoms with Gasteiger partial charge in [0.1, 0.15) is 0 Å². The topological polar surface area (TPSA) is 75.6 Å². The molecule has 0 aromatic heterocycles. The molecule has 3 fully saturated rings. The third-order valence-electron chi connectivity index (χ3n) is 5.46. The zero-order valence-electron chi connectivity index (χ0n) is 11.8. The molecule has 2 aliphatic carbocycles. The fourth-order valence-corrected chi connectivity index (χ4v) is 3.98. The Balaban J connectivity index is 1.55. The summed E-state index contributed by atoms with van der Waals surface area (Å²) in [6.45, 7) is 1.19. The molecule has 2 atom stereocenters. The number of fused-ring (bicyclic) bond motifs is 1. The van der Waals surface area contributed by atoms with Crippen LogP contribution in [0.3, 0.4) is 0 Å². The van der Waals surface area contributed by atoms with Gasteiger partial charge in [-0.1, -0.05) is 12.8 Å². The van der Waals surface area contributed by atoms with Gasteiger partial charge in [0.05, 0.1) is 5.41 Å². The number of rotatable bonds is 4. The number of amides is 1. The molecule has 0 aromatic rings. The first-order valence-electron chi connectivity index (χ1n) is 7.73. The average molecular weight is 281 g/mol. The third-order valence-corrected chi connectivity index (χ3v) is 5.46. The van der Waals surface area contributed by atoms with E-state index in [1.807, 2.05) is 0 Å². The monoisotopic (exact) mass is 281 g/mol. The van der Waals surface area contributed by atoms with Gasteiger partial charge in [0.15, 0.2) is 0 Å². The van der Waals surface area contributed by atoms with Crippen molar-refractivity contribution in [3.63, 3.8) is 0 Å². The van der Waals surface area contributed by atoms with Crippen molar-refractivity contribution in [1.29, 1.82) is 0 Å². The van der Waals surface area contributed by atoms with E-state index in [1.165, 1.54) is 25.7 Å². The van der Waals surface area contributed by atoms with Crippen molar-refractivity contribution in [2.75, 3.05) is 19.8 Å². The molecule has 112 valence electrons. The number of carbonyl (C=O) groups is 2. The van der Waals surface area contributed by atoms with Crippen molar-refractivity contribution in [3.05, 3.63) is 0 Å². The van der Waals surface area contributed by atoms with Gasteiger partial charge in [-0.2, -0.15) is 0 Å². The van der Waals surface area contributed by atoms with Crippen LogP contribution in [0.4, 0.5) is 0 Å². The highest BCUT2D eigenvalue weighted by molar-refractivity contribution is 5.83. The van der Waals surface area contributed by atoms with E-state index in [2.05, 4.69) is 5.32 Å². The highest BCUT2D eigenvalue weighted by Gasteiger charge is 2.55. The second-order valence-corrected chi connectivity index (χ2v) is 6.55. The van der Waals surface area contributed by atoms with E-state index in [9.17, 15) is 14.7 Å². The van der Waals surface area contributed by atoms with Crippen LogP contribution in [-0.2, 0) is 14.3 Å². The zero-order chi connectivity index (χ0) is 14.2. The lowest BCUT2D eigenvalue weighted by molar-refractivity contribution is -0.154. The van der Waals surface area contributed by atoms with Gasteiger partial charge in [0, 0.05) is 25.7 Å². The number of carboxylic acids is 1. The smallest absolute Gasteiger partial charge is 0.311 e. The van der Waals surface area contributed by atoms with E-state index in [0.29, 0.717) is 37.9 Å². The molecule has 2 N–H and O–H groups in total. The summed E-state index contributed by atoms with van der Waals surface area (Å²) in [4.78, 5) is 23.8. The average Bonchev–Trinajstić information content (AvgIpc) is 3.20. The fourth-order valence-electron chi connectivity index (χ4n) is 3.98. The number of aliphatic carboxylic acids is 1. The second kappa shape index (κ2) is 5.35. The van der Waals surface area contributed by atoms with Crippen molar-refractivity contribution in [3.8, 4) is 0 Å². The second-order valence-electron chi connectivity index (χ2n) is 6.55. The normalized spacial score (nSPS) is 34.9. The van der Waals surface area contributed by atoms with Crippen LogP contribution in [-0.4, -0.2) is 36.7 Å². The van der Waals surface area contributed by atoms with Crippen LogP contribution < -0.4 is 5.32 Å². The maximum Gasteiger partial charge on any atom is 0.311 e. The summed E-state index contributed by atoms with van der Waals surface area (Å²) in [5.41, 5.74) is -0.825. The highest BCUT2D eigenvalue weighted by Crippen LogP contribution is 2.55. The summed E-state index contributed by atoms with van der Waals surface area (Å²) in [7, 11) is 0. The lowest BCUT2D eigenvalue weighted by atomic mass is 9.80. The Morgan fingerprint density at radius 2 is 1.75 bits per heavy atom. The van der Waals surface area contributed by atoms with E-state index in [1.54, 1.807) is 0 Å².